The van der Waals surface area contributed by atoms with E-state index in [0.29, 0.717) is 6.42 Å². The number of hydrogen-bond donors (Lipinski definition) is 1. The topological polar surface area (TPSA) is 35.8 Å². The second kappa shape index (κ2) is 5.92. The minimum absolute atomic E-state index is 0.189. The number of aliphatic hydroxyl groups excluding tert-OH is 1. The molecule has 2 aliphatic heterocycles. The third-order valence-corrected chi connectivity index (χ3v) is 6.86. The second-order valence-electron chi connectivity index (χ2n) is 5.18. The minimum Gasteiger partial charge on any atom is -0.396 e. The summed E-state index contributed by atoms with van der Waals surface area (Å²) in [4.78, 5) is 10.7. The summed E-state index contributed by atoms with van der Waals surface area (Å²) in [7, 11) is 0. The van der Waals surface area contributed by atoms with E-state index in [9.17, 15) is 5.11 Å². The van der Waals surface area contributed by atoms with Crippen LogP contribution in [0.1, 0.15) is 11.3 Å². The van der Waals surface area contributed by atoms with Gasteiger partial charge in [0.15, 0.2) is 5.17 Å². The van der Waals surface area contributed by atoms with Gasteiger partial charge in [0.05, 0.1) is 17.1 Å². The summed E-state index contributed by atoms with van der Waals surface area (Å²) in [6, 6.07) is 8.92. The summed E-state index contributed by atoms with van der Waals surface area (Å²) in [5.41, 5.74) is 1.27. The number of nitrogens with zero attached hydrogens (tertiary/aromatic N) is 2. The highest BCUT2D eigenvalue weighted by Gasteiger charge is 2.33. The Hall–Kier alpha value is -0.950. The van der Waals surface area contributed by atoms with E-state index in [1.165, 1.54) is 30.5 Å². The van der Waals surface area contributed by atoms with Crippen LogP contribution >= 0.6 is 34.9 Å². The Morgan fingerprint density at radius 1 is 1.36 bits per heavy atom. The number of hydrogen-bond acceptors (Lipinski definition) is 6. The second-order valence-corrected chi connectivity index (χ2v) is 8.20. The summed E-state index contributed by atoms with van der Waals surface area (Å²) in [5.74, 6) is 0. The third kappa shape index (κ3) is 2.38. The Bertz CT molecular complexity index is 794. The summed E-state index contributed by atoms with van der Waals surface area (Å²) < 4.78 is 1.33. The molecule has 0 fully saturated rings. The van der Waals surface area contributed by atoms with Crippen molar-refractivity contribution in [2.24, 2.45) is 4.99 Å². The first-order valence-corrected chi connectivity index (χ1v) is 10.1. The van der Waals surface area contributed by atoms with Crippen molar-refractivity contribution in [1.82, 2.24) is 4.90 Å². The van der Waals surface area contributed by atoms with Gasteiger partial charge in [0.1, 0.15) is 0 Å². The van der Waals surface area contributed by atoms with Crippen LogP contribution in [0.4, 0.5) is 0 Å². The molecule has 0 spiro atoms. The van der Waals surface area contributed by atoms with Crippen molar-refractivity contribution in [2.75, 3.05) is 26.0 Å². The van der Waals surface area contributed by atoms with Crippen LogP contribution in [0.2, 0.25) is 0 Å². The average molecular weight is 349 g/mol. The largest absolute Gasteiger partial charge is 0.396 e. The van der Waals surface area contributed by atoms with Crippen LogP contribution in [0.5, 0.6) is 0 Å². The van der Waals surface area contributed by atoms with Gasteiger partial charge in [-0.3, -0.25) is 4.99 Å². The van der Waals surface area contributed by atoms with Gasteiger partial charge in [-0.15, -0.1) is 23.1 Å². The first kappa shape index (κ1) is 14.6. The number of benzene rings is 1. The van der Waals surface area contributed by atoms with Crippen LogP contribution in [0.3, 0.4) is 0 Å². The third-order valence-electron chi connectivity index (χ3n) is 3.85. The molecule has 0 aliphatic carbocycles. The number of amidine groups is 1. The first-order valence-electron chi connectivity index (χ1n) is 7.22. The van der Waals surface area contributed by atoms with E-state index < -0.39 is 0 Å². The Balaban J connectivity index is 1.81. The highest BCUT2D eigenvalue weighted by molar-refractivity contribution is 8.17. The molecule has 2 aromatic rings. The maximum atomic E-state index is 9.36. The molecule has 3 heterocycles. The molecule has 0 bridgehead atoms. The van der Waals surface area contributed by atoms with E-state index >= 15 is 0 Å². The standard InChI is InChI=1S/C16H16N2OS3/c1-20-11-3-2-10-8-14(21-13(10)9-11)15-12(4-7-19)22-16-17-5-6-18(15)16/h2-3,8-9,19H,4-7H2,1H3. The fraction of sp³-hybridized carbons (Fsp3) is 0.312. The lowest BCUT2D eigenvalue weighted by Crippen LogP contribution is -2.19. The SMILES string of the molecule is CSc1ccc2cc(C3=C(CCO)SC4=NCCN43)sc2c1. The van der Waals surface area contributed by atoms with Gasteiger partial charge >= 0.3 is 0 Å². The molecule has 0 radical (unpaired) electrons. The number of aliphatic imine (C=N–C) groups is 1. The van der Waals surface area contributed by atoms with E-state index in [0.717, 1.165) is 18.3 Å². The molecule has 2 aliphatic rings. The molecule has 0 amide bonds. The van der Waals surface area contributed by atoms with Crippen LogP contribution in [-0.2, 0) is 0 Å². The van der Waals surface area contributed by atoms with Gasteiger partial charge in [-0.05, 0) is 29.8 Å². The Kier molecular flexibility index (Phi) is 3.94. The van der Waals surface area contributed by atoms with Gasteiger partial charge in [-0.2, -0.15) is 0 Å². The highest BCUT2D eigenvalue weighted by Crippen LogP contribution is 2.46. The fourth-order valence-electron chi connectivity index (χ4n) is 2.83. The highest BCUT2D eigenvalue weighted by atomic mass is 32.2. The predicted octanol–water partition coefficient (Wildman–Crippen LogP) is 4.09. The summed E-state index contributed by atoms with van der Waals surface area (Å²) >= 11 is 5.34. The molecule has 0 unspecified atom stereocenters. The normalized spacial score (nSPS) is 17.5. The van der Waals surface area contributed by atoms with Gasteiger partial charge < -0.3 is 10.0 Å². The lowest BCUT2D eigenvalue weighted by Gasteiger charge is -2.15. The molecule has 1 N–H and O–H groups in total. The minimum atomic E-state index is 0.189. The van der Waals surface area contributed by atoms with Gasteiger partial charge in [0.2, 0.25) is 0 Å². The first-order chi connectivity index (χ1) is 10.8. The van der Waals surface area contributed by atoms with Crippen molar-refractivity contribution >= 4 is 55.8 Å². The van der Waals surface area contributed by atoms with Crippen molar-refractivity contribution in [3.05, 3.63) is 34.0 Å². The van der Waals surface area contributed by atoms with E-state index in [2.05, 4.69) is 40.4 Å². The van der Waals surface area contributed by atoms with Crippen molar-refractivity contribution in [1.29, 1.82) is 0 Å². The van der Waals surface area contributed by atoms with Crippen LogP contribution < -0.4 is 0 Å². The predicted molar refractivity (Wildman–Crippen MR) is 98.8 cm³/mol. The molecule has 22 heavy (non-hydrogen) atoms. The van der Waals surface area contributed by atoms with E-state index in [1.807, 2.05) is 11.3 Å². The van der Waals surface area contributed by atoms with Crippen molar-refractivity contribution in [3.63, 3.8) is 0 Å². The molecule has 1 aromatic heterocycles. The van der Waals surface area contributed by atoms with Gasteiger partial charge in [-0.1, -0.05) is 17.8 Å². The van der Waals surface area contributed by atoms with E-state index in [1.54, 1.807) is 23.5 Å². The molecule has 114 valence electrons. The average Bonchev–Trinajstić information content (AvgIpc) is 3.19. The lowest BCUT2D eigenvalue weighted by atomic mass is 10.2. The van der Waals surface area contributed by atoms with Gasteiger partial charge in [0, 0.05) is 34.1 Å². The summed E-state index contributed by atoms with van der Waals surface area (Å²) in [6.45, 7) is 2.02. The number of aliphatic hydroxyl groups is 1. The molecule has 6 heteroatoms. The zero-order valence-corrected chi connectivity index (χ0v) is 14.7. The molecule has 0 saturated heterocycles. The molecule has 3 nitrogen and oxygen atoms in total. The number of fused-ring (bicyclic) bond motifs is 2. The number of thioether (sulfide) groups is 2. The zero-order chi connectivity index (χ0) is 15.1. The van der Waals surface area contributed by atoms with Crippen LogP contribution in [0.25, 0.3) is 15.8 Å². The fourth-order valence-corrected chi connectivity index (χ4v) is 5.77. The Morgan fingerprint density at radius 2 is 2.27 bits per heavy atom. The van der Waals surface area contributed by atoms with Crippen LogP contribution in [0.15, 0.2) is 39.1 Å². The molecule has 0 saturated carbocycles. The maximum Gasteiger partial charge on any atom is 0.168 e. The van der Waals surface area contributed by atoms with Gasteiger partial charge in [-0.25, -0.2) is 0 Å². The maximum absolute atomic E-state index is 9.36. The van der Waals surface area contributed by atoms with Crippen molar-refractivity contribution < 1.29 is 5.11 Å². The quantitative estimate of drug-likeness (QED) is 0.844. The molecule has 0 atom stereocenters. The number of thiophene rings is 1. The molecule has 4 rings (SSSR count). The van der Waals surface area contributed by atoms with Crippen LogP contribution in [0, 0.1) is 0 Å². The monoisotopic (exact) mass is 348 g/mol. The van der Waals surface area contributed by atoms with Crippen LogP contribution in [-0.4, -0.2) is 41.1 Å². The zero-order valence-electron chi connectivity index (χ0n) is 12.2. The van der Waals surface area contributed by atoms with E-state index in [-0.39, 0.29) is 6.61 Å². The van der Waals surface area contributed by atoms with Crippen molar-refractivity contribution in [2.45, 2.75) is 11.3 Å². The lowest BCUT2D eigenvalue weighted by molar-refractivity contribution is 0.301. The van der Waals surface area contributed by atoms with Gasteiger partial charge in [0.25, 0.3) is 0 Å². The van der Waals surface area contributed by atoms with E-state index in [4.69, 9.17) is 0 Å². The summed E-state index contributed by atoms with van der Waals surface area (Å²) in [5, 5.41) is 11.7. The molecular weight excluding hydrogens is 332 g/mol. The summed E-state index contributed by atoms with van der Waals surface area (Å²) in [6.07, 6.45) is 2.82. The molecule has 1 aromatic carbocycles. The number of rotatable bonds is 4. The molecular formula is C16H16N2OS3. The smallest absolute Gasteiger partial charge is 0.168 e. The Labute approximate surface area is 142 Å². The van der Waals surface area contributed by atoms with Crippen molar-refractivity contribution in [3.8, 4) is 0 Å². The Morgan fingerprint density at radius 3 is 3.09 bits per heavy atom.